The van der Waals surface area contributed by atoms with Crippen molar-refractivity contribution in [2.45, 2.75) is 32.9 Å². The average Bonchev–Trinajstić information content (AvgIpc) is 2.65. The lowest BCUT2D eigenvalue weighted by molar-refractivity contribution is 0.0563. The zero-order valence-electron chi connectivity index (χ0n) is 11.7. The molecule has 0 radical (unpaired) electrons. The summed E-state index contributed by atoms with van der Waals surface area (Å²) in [4.78, 5) is 22.2. The van der Waals surface area contributed by atoms with Gasteiger partial charge in [0.05, 0.1) is 12.1 Å². The number of hydrogen-bond donors (Lipinski definition) is 4. The Labute approximate surface area is 124 Å². The molecule has 0 atom stereocenters. The number of amides is 2. The van der Waals surface area contributed by atoms with Crippen LogP contribution in [0.2, 0.25) is 0 Å². The number of halogens is 1. The molecular weight excluding hydrogens is 301 g/mol. The van der Waals surface area contributed by atoms with Gasteiger partial charge in [-0.3, -0.25) is 10.7 Å². The third-order valence-electron chi connectivity index (χ3n) is 2.05. The van der Waals surface area contributed by atoms with Crippen LogP contribution >= 0.6 is 11.3 Å². The summed E-state index contributed by atoms with van der Waals surface area (Å²) in [6.07, 6.45) is -2.09. The van der Waals surface area contributed by atoms with Crippen LogP contribution in [0.5, 0.6) is 0 Å². The van der Waals surface area contributed by atoms with Gasteiger partial charge in [-0.2, -0.15) is 4.39 Å². The molecule has 0 unspecified atom stereocenters. The van der Waals surface area contributed by atoms with Gasteiger partial charge in [0, 0.05) is 4.88 Å². The summed E-state index contributed by atoms with van der Waals surface area (Å²) in [5.41, 5.74) is -0.846. The number of thiophene rings is 1. The van der Waals surface area contributed by atoms with Gasteiger partial charge >= 0.3 is 12.2 Å². The van der Waals surface area contributed by atoms with Crippen LogP contribution in [-0.2, 0) is 11.3 Å². The normalized spacial score (nSPS) is 10.9. The third kappa shape index (κ3) is 5.78. The smallest absolute Gasteiger partial charge is 0.413 e. The molecule has 0 aliphatic rings. The predicted molar refractivity (Wildman–Crippen MR) is 75.3 cm³/mol. The molecule has 1 rings (SSSR count). The lowest BCUT2D eigenvalue weighted by Crippen LogP contribution is -2.36. The van der Waals surface area contributed by atoms with Crippen molar-refractivity contribution in [3.63, 3.8) is 0 Å². The first-order chi connectivity index (χ1) is 9.58. The highest BCUT2D eigenvalue weighted by molar-refractivity contribution is 7.10. The summed E-state index contributed by atoms with van der Waals surface area (Å²) in [7, 11) is 0. The second-order valence-corrected chi connectivity index (χ2v) is 6.15. The number of carbonyl (C=O) groups excluding carboxylic acids is 1. The molecule has 2 amide bonds. The van der Waals surface area contributed by atoms with Crippen LogP contribution in [0, 0.1) is 10.5 Å². The molecule has 0 aliphatic carbocycles. The number of rotatable bonds is 3. The van der Waals surface area contributed by atoms with Gasteiger partial charge in [0.2, 0.25) is 0 Å². The monoisotopic (exact) mass is 317 g/mol. The summed E-state index contributed by atoms with van der Waals surface area (Å²) in [5, 5.41) is 19.7. The quantitative estimate of drug-likeness (QED) is 0.507. The van der Waals surface area contributed by atoms with E-state index in [1.165, 1.54) is 6.07 Å². The summed E-state index contributed by atoms with van der Waals surface area (Å²) < 4.78 is 18.6. The highest BCUT2D eigenvalue weighted by Gasteiger charge is 2.20. The first-order valence-electron chi connectivity index (χ1n) is 5.92. The average molecular weight is 317 g/mol. The van der Waals surface area contributed by atoms with E-state index in [9.17, 15) is 14.0 Å². The fraction of sp³-hybridized carbons (Fsp3) is 0.417. The molecule has 0 saturated carbocycles. The Kier molecular flexibility index (Phi) is 5.25. The molecule has 0 saturated heterocycles. The molecular formula is C12H16FN3O4S. The Morgan fingerprint density at radius 1 is 1.48 bits per heavy atom. The number of nitrogens with one attached hydrogen (secondary N) is 3. The van der Waals surface area contributed by atoms with Crippen LogP contribution in [0.4, 0.5) is 14.0 Å². The standard InChI is InChI=1S/C12H16FN3O4S/c1-12(2,3)20-11(19)16-9(14)7-4-6(21-8(7)13)5-15-10(17)18/h4,15H,5H2,1-3H3,(H,17,18)(H2,14,16,19). The van der Waals surface area contributed by atoms with Gasteiger partial charge in [0.1, 0.15) is 11.4 Å². The van der Waals surface area contributed by atoms with Gasteiger partial charge in [0.15, 0.2) is 5.13 Å². The molecule has 0 fully saturated rings. The Morgan fingerprint density at radius 2 is 2.10 bits per heavy atom. The molecule has 7 nitrogen and oxygen atoms in total. The van der Waals surface area contributed by atoms with Crippen molar-refractivity contribution in [3.05, 3.63) is 21.6 Å². The zero-order chi connectivity index (χ0) is 16.2. The number of carbonyl (C=O) groups is 2. The van der Waals surface area contributed by atoms with Crippen molar-refractivity contribution in [2.24, 2.45) is 0 Å². The van der Waals surface area contributed by atoms with Crippen molar-refractivity contribution >= 4 is 29.4 Å². The molecule has 1 heterocycles. The maximum absolute atomic E-state index is 13.7. The van der Waals surface area contributed by atoms with Crippen molar-refractivity contribution in [1.29, 1.82) is 5.41 Å². The molecule has 4 N–H and O–H groups in total. The number of hydrogen-bond acceptors (Lipinski definition) is 5. The minimum Gasteiger partial charge on any atom is -0.465 e. The highest BCUT2D eigenvalue weighted by Crippen LogP contribution is 2.20. The maximum Gasteiger partial charge on any atom is 0.413 e. The molecule has 0 spiro atoms. The summed E-state index contributed by atoms with van der Waals surface area (Å²) in [6.45, 7) is 4.92. The number of ether oxygens (including phenoxy) is 1. The minimum atomic E-state index is -1.23. The van der Waals surface area contributed by atoms with E-state index in [-0.39, 0.29) is 12.1 Å². The minimum absolute atomic E-state index is 0.0728. The van der Waals surface area contributed by atoms with E-state index in [4.69, 9.17) is 15.3 Å². The number of amidine groups is 1. The summed E-state index contributed by atoms with van der Waals surface area (Å²) >= 11 is 0.699. The van der Waals surface area contributed by atoms with Gasteiger partial charge < -0.3 is 15.2 Å². The Balaban J connectivity index is 2.70. The second-order valence-electron chi connectivity index (χ2n) is 5.06. The van der Waals surface area contributed by atoms with Gasteiger partial charge in [-0.05, 0) is 26.8 Å². The van der Waals surface area contributed by atoms with E-state index in [1.54, 1.807) is 20.8 Å². The maximum atomic E-state index is 13.7. The van der Waals surface area contributed by atoms with Crippen LogP contribution in [0.1, 0.15) is 31.2 Å². The van der Waals surface area contributed by atoms with E-state index in [1.807, 2.05) is 0 Å². The van der Waals surface area contributed by atoms with Crippen LogP contribution in [0.25, 0.3) is 0 Å². The Morgan fingerprint density at radius 3 is 2.62 bits per heavy atom. The first kappa shape index (κ1) is 16.9. The van der Waals surface area contributed by atoms with E-state index in [0.717, 1.165) is 0 Å². The fourth-order valence-corrected chi connectivity index (χ4v) is 2.13. The largest absolute Gasteiger partial charge is 0.465 e. The number of alkyl carbamates (subject to hydrolysis) is 1. The highest BCUT2D eigenvalue weighted by atomic mass is 32.1. The summed E-state index contributed by atoms with van der Waals surface area (Å²) in [5.74, 6) is -0.445. The van der Waals surface area contributed by atoms with Crippen LogP contribution in [0.3, 0.4) is 0 Å². The van der Waals surface area contributed by atoms with Crippen LogP contribution in [-0.4, -0.2) is 28.7 Å². The van der Waals surface area contributed by atoms with Gasteiger partial charge in [0.25, 0.3) is 0 Å². The molecule has 116 valence electrons. The van der Waals surface area contributed by atoms with Crippen molar-refractivity contribution in [2.75, 3.05) is 0 Å². The van der Waals surface area contributed by atoms with Gasteiger partial charge in [-0.15, -0.1) is 11.3 Å². The topological polar surface area (TPSA) is 112 Å². The van der Waals surface area contributed by atoms with E-state index in [2.05, 4.69) is 10.6 Å². The predicted octanol–water partition coefficient (Wildman–Crippen LogP) is 2.50. The lowest BCUT2D eigenvalue weighted by Gasteiger charge is -2.19. The molecule has 1 aromatic heterocycles. The third-order valence-corrected chi connectivity index (χ3v) is 2.97. The van der Waals surface area contributed by atoms with Crippen LogP contribution in [0.15, 0.2) is 6.07 Å². The fourth-order valence-electron chi connectivity index (χ4n) is 1.31. The van der Waals surface area contributed by atoms with Crippen molar-refractivity contribution < 1.29 is 23.8 Å². The Hall–Kier alpha value is -2.16. The van der Waals surface area contributed by atoms with E-state index >= 15 is 0 Å². The van der Waals surface area contributed by atoms with Gasteiger partial charge in [-0.25, -0.2) is 9.59 Å². The number of carboxylic acid groups (broad SMARTS) is 1. The van der Waals surface area contributed by atoms with E-state index in [0.29, 0.717) is 16.2 Å². The lowest BCUT2D eigenvalue weighted by atomic mass is 10.2. The molecule has 0 aromatic carbocycles. The molecule has 21 heavy (non-hydrogen) atoms. The molecule has 0 aliphatic heterocycles. The molecule has 9 heteroatoms. The van der Waals surface area contributed by atoms with Crippen LogP contribution < -0.4 is 10.6 Å². The first-order valence-corrected chi connectivity index (χ1v) is 6.74. The zero-order valence-corrected chi connectivity index (χ0v) is 12.6. The molecule has 1 aromatic rings. The van der Waals surface area contributed by atoms with Crippen molar-refractivity contribution in [3.8, 4) is 0 Å². The Bertz CT molecular complexity index is 565. The van der Waals surface area contributed by atoms with Crippen molar-refractivity contribution in [1.82, 2.24) is 10.6 Å². The van der Waals surface area contributed by atoms with Gasteiger partial charge in [-0.1, -0.05) is 0 Å². The molecule has 0 bridgehead atoms. The second kappa shape index (κ2) is 6.53. The van der Waals surface area contributed by atoms with E-state index < -0.39 is 28.8 Å². The SMILES string of the molecule is CC(C)(C)OC(=O)NC(=N)c1cc(CNC(=O)O)sc1F. The summed E-state index contributed by atoms with van der Waals surface area (Å²) in [6, 6.07) is 1.30.